The lowest BCUT2D eigenvalue weighted by Gasteiger charge is -2.32. The van der Waals surface area contributed by atoms with E-state index in [1.165, 1.54) is 0 Å². The molecule has 1 aliphatic rings. The van der Waals surface area contributed by atoms with Crippen LogP contribution in [0.4, 0.5) is 17.6 Å². The summed E-state index contributed by atoms with van der Waals surface area (Å²) in [6, 6.07) is 3.37. The van der Waals surface area contributed by atoms with Gasteiger partial charge in [-0.2, -0.15) is 17.6 Å². The van der Waals surface area contributed by atoms with Gasteiger partial charge in [0.25, 0.3) is 0 Å². The van der Waals surface area contributed by atoms with E-state index in [9.17, 15) is 17.6 Å². The first-order chi connectivity index (χ1) is 10.5. The van der Waals surface area contributed by atoms with Crippen molar-refractivity contribution in [2.45, 2.75) is 52.1 Å². The molecule has 2 rings (SSSR count). The SMILES string of the molecule is CC1(C)OB(c2cc(OC(F)F)ccc2OC(F)F)OC1(C)C. The highest BCUT2D eigenvalue weighted by atomic mass is 19.3. The van der Waals surface area contributed by atoms with Crippen LogP contribution in [-0.2, 0) is 9.31 Å². The number of hydrogen-bond donors (Lipinski definition) is 0. The van der Waals surface area contributed by atoms with Crippen LogP contribution in [-0.4, -0.2) is 31.5 Å². The minimum Gasteiger partial charge on any atom is -0.435 e. The van der Waals surface area contributed by atoms with Gasteiger partial charge in [0.1, 0.15) is 11.5 Å². The Hall–Kier alpha value is -1.48. The second-order valence-corrected chi connectivity index (χ2v) is 6.04. The average Bonchev–Trinajstić information content (AvgIpc) is 2.59. The Kier molecular flexibility index (Phi) is 4.82. The monoisotopic (exact) mass is 336 g/mol. The smallest absolute Gasteiger partial charge is 0.435 e. The van der Waals surface area contributed by atoms with Gasteiger partial charge in [-0.1, -0.05) is 0 Å². The van der Waals surface area contributed by atoms with Crippen molar-refractivity contribution in [3.63, 3.8) is 0 Å². The van der Waals surface area contributed by atoms with Gasteiger partial charge in [-0.3, -0.25) is 0 Å². The minimum atomic E-state index is -3.07. The van der Waals surface area contributed by atoms with Crippen LogP contribution < -0.4 is 14.9 Å². The summed E-state index contributed by atoms with van der Waals surface area (Å²) >= 11 is 0. The zero-order chi connectivity index (χ0) is 17.4. The summed E-state index contributed by atoms with van der Waals surface area (Å²) in [6.07, 6.45) is 0. The van der Waals surface area contributed by atoms with Crippen LogP contribution in [0, 0.1) is 0 Å². The van der Waals surface area contributed by atoms with Gasteiger partial charge in [0.2, 0.25) is 0 Å². The Morgan fingerprint density at radius 1 is 0.913 bits per heavy atom. The van der Waals surface area contributed by atoms with Gasteiger partial charge < -0.3 is 18.8 Å². The molecule has 0 bridgehead atoms. The van der Waals surface area contributed by atoms with Crippen molar-refractivity contribution in [1.29, 1.82) is 0 Å². The minimum absolute atomic E-state index is 0.0575. The number of benzene rings is 1. The van der Waals surface area contributed by atoms with Gasteiger partial charge >= 0.3 is 20.3 Å². The summed E-state index contributed by atoms with van der Waals surface area (Å²) in [5.41, 5.74) is -1.39. The van der Waals surface area contributed by atoms with E-state index in [2.05, 4.69) is 9.47 Å². The quantitative estimate of drug-likeness (QED) is 0.611. The summed E-state index contributed by atoms with van der Waals surface area (Å²) in [4.78, 5) is 0. The van der Waals surface area contributed by atoms with Crippen LogP contribution in [0.3, 0.4) is 0 Å². The molecule has 128 valence electrons. The van der Waals surface area contributed by atoms with E-state index in [1.54, 1.807) is 27.7 Å². The highest BCUT2D eigenvalue weighted by Gasteiger charge is 2.52. The van der Waals surface area contributed by atoms with E-state index < -0.39 is 31.5 Å². The first-order valence-corrected chi connectivity index (χ1v) is 6.91. The molecule has 0 unspecified atom stereocenters. The highest BCUT2D eigenvalue weighted by molar-refractivity contribution is 6.63. The second-order valence-electron chi connectivity index (χ2n) is 6.04. The Labute approximate surface area is 131 Å². The Morgan fingerprint density at radius 2 is 1.43 bits per heavy atom. The summed E-state index contributed by atoms with van der Waals surface area (Å²) in [5.74, 6) is -0.425. The van der Waals surface area contributed by atoms with Crippen molar-refractivity contribution in [1.82, 2.24) is 0 Å². The van der Waals surface area contributed by atoms with E-state index >= 15 is 0 Å². The Bertz CT molecular complexity index is 550. The molecule has 0 radical (unpaired) electrons. The number of halogens is 4. The third-order valence-electron chi connectivity index (χ3n) is 3.93. The van der Waals surface area contributed by atoms with Crippen LogP contribution in [0.5, 0.6) is 11.5 Å². The lowest BCUT2D eigenvalue weighted by molar-refractivity contribution is -0.0525. The summed E-state index contributed by atoms with van der Waals surface area (Å²) in [5, 5.41) is 0. The fraction of sp³-hybridized carbons (Fsp3) is 0.571. The summed E-state index contributed by atoms with van der Waals surface area (Å²) < 4.78 is 70.0. The molecule has 1 heterocycles. The van der Waals surface area contributed by atoms with Gasteiger partial charge in [-0.15, -0.1) is 0 Å². The van der Waals surface area contributed by atoms with Crippen molar-refractivity contribution in [2.75, 3.05) is 0 Å². The average molecular weight is 336 g/mol. The first-order valence-electron chi connectivity index (χ1n) is 6.91. The maximum absolute atomic E-state index is 12.5. The molecular weight excluding hydrogens is 319 g/mol. The van der Waals surface area contributed by atoms with Crippen LogP contribution in [0.1, 0.15) is 27.7 Å². The number of hydrogen-bond acceptors (Lipinski definition) is 4. The van der Waals surface area contributed by atoms with Crippen LogP contribution in [0.25, 0.3) is 0 Å². The third kappa shape index (κ3) is 3.90. The standard InChI is InChI=1S/C14H17BF4O4/c1-13(2)14(3,4)23-15(22-13)9-7-8(20-11(16)17)5-6-10(9)21-12(18)19/h5-7,11-12H,1-4H3. The molecule has 1 aromatic rings. The molecule has 0 aliphatic carbocycles. The van der Waals surface area contributed by atoms with Gasteiger partial charge in [0, 0.05) is 5.46 Å². The molecule has 0 spiro atoms. The van der Waals surface area contributed by atoms with E-state index in [4.69, 9.17) is 9.31 Å². The molecule has 1 aromatic carbocycles. The maximum Gasteiger partial charge on any atom is 0.498 e. The van der Waals surface area contributed by atoms with E-state index in [0.29, 0.717) is 0 Å². The zero-order valence-electron chi connectivity index (χ0n) is 13.1. The largest absolute Gasteiger partial charge is 0.498 e. The van der Waals surface area contributed by atoms with Crippen molar-refractivity contribution < 1.29 is 36.3 Å². The topological polar surface area (TPSA) is 36.9 Å². The molecule has 0 aromatic heterocycles. The predicted molar refractivity (Wildman–Crippen MR) is 75.4 cm³/mol. The molecule has 9 heteroatoms. The normalized spacial score (nSPS) is 19.5. The van der Waals surface area contributed by atoms with Crippen LogP contribution >= 0.6 is 0 Å². The molecular formula is C14H17BF4O4. The number of alkyl halides is 4. The lowest BCUT2D eigenvalue weighted by Crippen LogP contribution is -2.41. The van der Waals surface area contributed by atoms with E-state index in [0.717, 1.165) is 18.2 Å². The van der Waals surface area contributed by atoms with E-state index in [1.807, 2.05) is 0 Å². The lowest BCUT2D eigenvalue weighted by atomic mass is 9.78. The molecule has 23 heavy (non-hydrogen) atoms. The zero-order valence-corrected chi connectivity index (χ0v) is 13.1. The number of rotatable bonds is 5. The van der Waals surface area contributed by atoms with Gasteiger partial charge in [0.05, 0.1) is 11.2 Å². The van der Waals surface area contributed by atoms with Crippen molar-refractivity contribution in [2.24, 2.45) is 0 Å². The fourth-order valence-electron chi connectivity index (χ4n) is 2.06. The van der Waals surface area contributed by atoms with Gasteiger partial charge in [0.15, 0.2) is 0 Å². The van der Waals surface area contributed by atoms with Crippen molar-refractivity contribution in [3.05, 3.63) is 18.2 Å². The molecule has 1 saturated heterocycles. The molecule has 4 nitrogen and oxygen atoms in total. The molecule has 1 aliphatic heterocycles. The summed E-state index contributed by atoms with van der Waals surface area (Å²) in [7, 11) is -1.05. The van der Waals surface area contributed by atoms with Crippen molar-refractivity contribution >= 4 is 12.6 Å². The maximum atomic E-state index is 12.5. The van der Waals surface area contributed by atoms with Crippen LogP contribution in [0.2, 0.25) is 0 Å². The highest BCUT2D eigenvalue weighted by Crippen LogP contribution is 2.37. The molecule has 1 fully saturated rings. The Balaban J connectivity index is 2.37. The molecule has 0 amide bonds. The van der Waals surface area contributed by atoms with Gasteiger partial charge in [-0.25, -0.2) is 0 Å². The molecule has 0 saturated carbocycles. The third-order valence-corrected chi connectivity index (χ3v) is 3.93. The Morgan fingerprint density at radius 3 is 1.91 bits per heavy atom. The second kappa shape index (κ2) is 6.20. The molecule has 0 atom stereocenters. The summed E-state index contributed by atoms with van der Waals surface area (Å²) in [6.45, 7) is 1.00. The predicted octanol–water partition coefficient (Wildman–Crippen LogP) is 3.19. The first kappa shape index (κ1) is 17.9. The van der Waals surface area contributed by atoms with Crippen LogP contribution in [0.15, 0.2) is 18.2 Å². The van der Waals surface area contributed by atoms with Crippen molar-refractivity contribution in [3.8, 4) is 11.5 Å². The fourth-order valence-corrected chi connectivity index (χ4v) is 2.06. The van der Waals surface area contributed by atoms with Gasteiger partial charge in [-0.05, 0) is 45.9 Å². The molecule has 0 N–H and O–H groups in total. The number of ether oxygens (including phenoxy) is 2. The van der Waals surface area contributed by atoms with E-state index in [-0.39, 0.29) is 17.0 Å².